The molecule has 1 aromatic heterocycles. The summed E-state index contributed by atoms with van der Waals surface area (Å²) in [5, 5.41) is 8.94. The lowest BCUT2D eigenvalue weighted by molar-refractivity contribution is -0.275. The van der Waals surface area contributed by atoms with E-state index in [9.17, 15) is 13.2 Å². The Kier molecular flexibility index (Phi) is 3.77. The molecule has 0 atom stereocenters. The van der Waals surface area contributed by atoms with Gasteiger partial charge in [-0.05, 0) is 35.1 Å². The Morgan fingerprint density at radius 3 is 2.60 bits per heavy atom. The smallest absolute Gasteiger partial charge is 0.403 e. The average Bonchev–Trinajstić information content (AvgIpc) is 2.10. The van der Waals surface area contributed by atoms with E-state index in [-0.39, 0.29) is 9.26 Å². The molecule has 0 saturated carbocycles. The molecule has 0 radical (unpaired) electrons. The van der Waals surface area contributed by atoms with Gasteiger partial charge < -0.3 is 9.84 Å². The van der Waals surface area contributed by atoms with E-state index in [0.717, 1.165) is 0 Å². The monoisotopic (exact) mass is 333 g/mol. The molecular formula is C8H7F3INO2. The van der Waals surface area contributed by atoms with Crippen molar-refractivity contribution in [2.24, 2.45) is 0 Å². The van der Waals surface area contributed by atoms with Crippen LogP contribution in [0.15, 0.2) is 6.20 Å². The van der Waals surface area contributed by atoms with Crippen LogP contribution < -0.4 is 4.74 Å². The molecule has 0 amide bonds. The van der Waals surface area contributed by atoms with Crippen molar-refractivity contribution in [3.8, 4) is 5.75 Å². The fourth-order valence-electron chi connectivity index (χ4n) is 1.01. The van der Waals surface area contributed by atoms with E-state index < -0.39 is 18.7 Å². The predicted octanol–water partition coefficient (Wildman–Crippen LogP) is 2.39. The highest BCUT2D eigenvalue weighted by atomic mass is 127. The minimum Gasteiger partial charge on any atom is -0.403 e. The van der Waals surface area contributed by atoms with E-state index in [1.165, 1.54) is 6.20 Å². The van der Waals surface area contributed by atoms with Crippen molar-refractivity contribution in [2.45, 2.75) is 19.9 Å². The predicted molar refractivity (Wildman–Crippen MR) is 54.3 cm³/mol. The first-order valence-corrected chi connectivity index (χ1v) is 4.93. The molecule has 0 saturated heterocycles. The van der Waals surface area contributed by atoms with Crippen LogP contribution in [0.1, 0.15) is 11.1 Å². The summed E-state index contributed by atoms with van der Waals surface area (Å²) in [6.45, 7) is 1.04. The summed E-state index contributed by atoms with van der Waals surface area (Å²) in [6.07, 6.45) is -3.39. The number of halogens is 4. The maximum Gasteiger partial charge on any atom is 0.573 e. The zero-order valence-electron chi connectivity index (χ0n) is 7.60. The number of alkyl halides is 3. The summed E-state index contributed by atoms with van der Waals surface area (Å²) in [5.74, 6) is -0.425. The fourth-order valence-corrected chi connectivity index (χ4v) is 1.58. The Balaban J connectivity index is 3.20. The van der Waals surface area contributed by atoms with E-state index in [0.29, 0.717) is 5.56 Å². The van der Waals surface area contributed by atoms with Gasteiger partial charge in [0.25, 0.3) is 0 Å². The van der Waals surface area contributed by atoms with Crippen molar-refractivity contribution >= 4 is 22.6 Å². The van der Waals surface area contributed by atoms with Gasteiger partial charge >= 0.3 is 6.36 Å². The van der Waals surface area contributed by atoms with Crippen molar-refractivity contribution in [1.29, 1.82) is 0 Å². The van der Waals surface area contributed by atoms with E-state index in [2.05, 4.69) is 9.72 Å². The van der Waals surface area contributed by atoms with Crippen LogP contribution in [0.25, 0.3) is 0 Å². The van der Waals surface area contributed by atoms with Crippen LogP contribution >= 0.6 is 22.6 Å². The van der Waals surface area contributed by atoms with Crippen molar-refractivity contribution in [3.63, 3.8) is 0 Å². The fraction of sp³-hybridized carbons (Fsp3) is 0.375. The van der Waals surface area contributed by atoms with Crippen molar-refractivity contribution < 1.29 is 23.0 Å². The van der Waals surface area contributed by atoms with Crippen molar-refractivity contribution in [2.75, 3.05) is 0 Å². The van der Waals surface area contributed by atoms with Gasteiger partial charge in [-0.15, -0.1) is 13.2 Å². The molecule has 1 rings (SSSR count). The van der Waals surface area contributed by atoms with Gasteiger partial charge in [-0.2, -0.15) is 0 Å². The Morgan fingerprint density at radius 1 is 1.53 bits per heavy atom. The Hall–Kier alpha value is -0.570. The van der Waals surface area contributed by atoms with Gasteiger partial charge in [-0.1, -0.05) is 0 Å². The van der Waals surface area contributed by atoms with Crippen LogP contribution in [0.2, 0.25) is 0 Å². The SMILES string of the molecule is Cc1cnc(I)c(OC(F)(F)F)c1CO. The summed E-state index contributed by atoms with van der Waals surface area (Å²) in [7, 11) is 0. The largest absolute Gasteiger partial charge is 0.573 e. The normalized spacial score (nSPS) is 11.6. The number of hydrogen-bond acceptors (Lipinski definition) is 3. The summed E-state index contributed by atoms with van der Waals surface area (Å²) < 4.78 is 40.0. The molecule has 0 aliphatic rings. The molecule has 1 aromatic rings. The third-order valence-electron chi connectivity index (χ3n) is 1.68. The summed E-state index contributed by atoms with van der Waals surface area (Å²) in [6, 6.07) is 0. The second kappa shape index (κ2) is 4.52. The maximum atomic E-state index is 12.0. The third kappa shape index (κ3) is 3.20. The van der Waals surface area contributed by atoms with Crippen LogP contribution in [0.3, 0.4) is 0 Å². The van der Waals surface area contributed by atoms with Gasteiger partial charge in [0.1, 0.15) is 3.70 Å². The molecule has 0 aliphatic carbocycles. The minimum absolute atomic E-state index is 0.0691. The van der Waals surface area contributed by atoms with E-state index in [1.54, 1.807) is 29.5 Å². The second-order valence-electron chi connectivity index (χ2n) is 2.75. The molecule has 0 spiro atoms. The number of aromatic nitrogens is 1. The summed E-state index contributed by atoms with van der Waals surface area (Å²) >= 11 is 1.62. The highest BCUT2D eigenvalue weighted by Gasteiger charge is 2.33. The molecule has 1 N–H and O–H groups in total. The molecule has 0 bridgehead atoms. The summed E-state index contributed by atoms with van der Waals surface area (Å²) in [4.78, 5) is 3.72. The highest BCUT2D eigenvalue weighted by molar-refractivity contribution is 14.1. The zero-order chi connectivity index (χ0) is 11.6. The van der Waals surface area contributed by atoms with Crippen LogP contribution in [0.4, 0.5) is 13.2 Å². The van der Waals surface area contributed by atoms with Gasteiger partial charge in [-0.25, -0.2) is 4.98 Å². The number of aryl methyl sites for hydroxylation is 1. The molecule has 0 unspecified atom stereocenters. The topological polar surface area (TPSA) is 42.4 Å². The van der Waals surface area contributed by atoms with Gasteiger partial charge in [0.2, 0.25) is 0 Å². The average molecular weight is 333 g/mol. The van der Waals surface area contributed by atoms with E-state index >= 15 is 0 Å². The number of ether oxygens (including phenoxy) is 1. The highest BCUT2D eigenvalue weighted by Crippen LogP contribution is 2.31. The molecule has 1 heterocycles. The number of pyridine rings is 1. The number of aliphatic hydroxyl groups excluding tert-OH is 1. The minimum atomic E-state index is -4.78. The Morgan fingerprint density at radius 2 is 2.13 bits per heavy atom. The molecule has 15 heavy (non-hydrogen) atoms. The van der Waals surface area contributed by atoms with Crippen LogP contribution in [-0.4, -0.2) is 16.5 Å². The van der Waals surface area contributed by atoms with Crippen molar-refractivity contribution in [3.05, 3.63) is 21.0 Å². The van der Waals surface area contributed by atoms with Crippen molar-refractivity contribution in [1.82, 2.24) is 4.98 Å². The molecule has 0 aromatic carbocycles. The number of hydrogen-bond donors (Lipinski definition) is 1. The maximum absolute atomic E-state index is 12.0. The lowest BCUT2D eigenvalue weighted by Gasteiger charge is -2.14. The molecule has 3 nitrogen and oxygen atoms in total. The van der Waals surface area contributed by atoms with Crippen LogP contribution in [0.5, 0.6) is 5.75 Å². The van der Waals surface area contributed by atoms with Gasteiger partial charge in [0.15, 0.2) is 5.75 Å². The molecule has 7 heteroatoms. The second-order valence-corrected chi connectivity index (χ2v) is 3.77. The van der Waals surface area contributed by atoms with Crippen LogP contribution in [-0.2, 0) is 6.61 Å². The summed E-state index contributed by atoms with van der Waals surface area (Å²) in [5.41, 5.74) is 0.559. The first kappa shape index (κ1) is 12.5. The van der Waals surface area contributed by atoms with Gasteiger partial charge in [0.05, 0.1) is 6.61 Å². The first-order valence-electron chi connectivity index (χ1n) is 3.85. The lowest BCUT2D eigenvalue weighted by Crippen LogP contribution is -2.19. The van der Waals surface area contributed by atoms with Crippen LogP contribution in [0, 0.1) is 10.6 Å². The molecule has 0 aliphatic heterocycles. The molecule has 0 fully saturated rings. The number of aliphatic hydroxyl groups is 1. The van der Waals surface area contributed by atoms with Gasteiger partial charge in [0, 0.05) is 11.8 Å². The number of rotatable bonds is 2. The third-order valence-corrected chi connectivity index (χ3v) is 2.45. The number of nitrogens with zero attached hydrogens (tertiary/aromatic N) is 1. The molecule has 84 valence electrons. The first-order chi connectivity index (χ1) is 6.85. The lowest BCUT2D eigenvalue weighted by atomic mass is 10.1. The Labute approximate surface area is 97.4 Å². The zero-order valence-corrected chi connectivity index (χ0v) is 9.76. The molecular weight excluding hydrogens is 326 g/mol. The Bertz CT molecular complexity index is 368. The quantitative estimate of drug-likeness (QED) is 0.668. The standard InChI is InChI=1S/C8H7F3INO2/c1-4-2-13-7(12)6(5(4)3-14)15-8(9,10)11/h2,14H,3H2,1H3. The van der Waals surface area contributed by atoms with Gasteiger partial charge in [-0.3, -0.25) is 0 Å². The van der Waals surface area contributed by atoms with E-state index in [4.69, 9.17) is 5.11 Å². The van der Waals surface area contributed by atoms with E-state index in [1.807, 2.05) is 0 Å².